The molecule has 2 N–H and O–H groups in total. The highest BCUT2D eigenvalue weighted by Gasteiger charge is 2.30. The van der Waals surface area contributed by atoms with Crippen LogP contribution in [0.1, 0.15) is 31.1 Å². The number of aromatic nitrogens is 1. The van der Waals surface area contributed by atoms with Crippen LogP contribution in [0.2, 0.25) is 0 Å². The number of hydrogen-bond acceptors (Lipinski definition) is 4. The molecule has 0 fully saturated rings. The van der Waals surface area contributed by atoms with E-state index in [1.54, 1.807) is 0 Å². The largest absolute Gasteiger partial charge is 0.478 e. The Labute approximate surface area is 99.7 Å². The van der Waals surface area contributed by atoms with Crippen LogP contribution in [-0.4, -0.2) is 29.2 Å². The number of nitrogens with zero attached hydrogens (tertiary/aromatic N) is 1. The monoisotopic (exact) mass is 258 g/mol. The molecule has 0 spiro atoms. The van der Waals surface area contributed by atoms with E-state index in [0.29, 0.717) is 0 Å². The highest BCUT2D eigenvalue weighted by molar-refractivity contribution is 7.94. The SMILES string of the molecule is CC(C)(C)S(=O)(=O)Nc1ncccc1C(=O)O. The van der Waals surface area contributed by atoms with E-state index in [1.165, 1.54) is 39.1 Å². The summed E-state index contributed by atoms with van der Waals surface area (Å²) in [6.07, 6.45) is 1.33. The Morgan fingerprint density at radius 3 is 2.47 bits per heavy atom. The summed E-state index contributed by atoms with van der Waals surface area (Å²) in [6.45, 7) is 4.54. The van der Waals surface area contributed by atoms with Gasteiger partial charge in [-0.05, 0) is 32.9 Å². The van der Waals surface area contributed by atoms with Gasteiger partial charge in [-0.2, -0.15) is 0 Å². The number of carbonyl (C=O) groups is 1. The van der Waals surface area contributed by atoms with Gasteiger partial charge < -0.3 is 5.11 Å². The minimum absolute atomic E-state index is 0.171. The van der Waals surface area contributed by atoms with Gasteiger partial charge in [0.15, 0.2) is 5.82 Å². The van der Waals surface area contributed by atoms with Crippen molar-refractivity contribution in [2.75, 3.05) is 4.72 Å². The van der Waals surface area contributed by atoms with Gasteiger partial charge >= 0.3 is 5.97 Å². The summed E-state index contributed by atoms with van der Waals surface area (Å²) in [5.74, 6) is -1.40. The van der Waals surface area contributed by atoms with E-state index in [2.05, 4.69) is 9.71 Å². The van der Waals surface area contributed by atoms with Crippen molar-refractivity contribution in [3.05, 3.63) is 23.9 Å². The Kier molecular flexibility index (Phi) is 3.42. The number of aromatic carboxylic acids is 1. The molecule has 6 nitrogen and oxygen atoms in total. The fourth-order valence-electron chi connectivity index (χ4n) is 0.940. The van der Waals surface area contributed by atoms with E-state index in [0.717, 1.165) is 0 Å². The highest BCUT2D eigenvalue weighted by atomic mass is 32.2. The lowest BCUT2D eigenvalue weighted by molar-refractivity contribution is 0.0697. The number of nitrogens with one attached hydrogen (secondary N) is 1. The van der Waals surface area contributed by atoms with Crippen LogP contribution in [-0.2, 0) is 10.0 Å². The average Bonchev–Trinajstić information content (AvgIpc) is 2.15. The van der Waals surface area contributed by atoms with Crippen LogP contribution in [0, 0.1) is 0 Å². The topological polar surface area (TPSA) is 96.4 Å². The zero-order valence-electron chi connectivity index (χ0n) is 9.76. The smallest absolute Gasteiger partial charge is 0.339 e. The molecule has 1 aromatic rings. The third-order valence-electron chi connectivity index (χ3n) is 2.08. The number of anilines is 1. The zero-order chi connectivity index (χ0) is 13.3. The molecule has 0 bridgehead atoms. The molecule has 7 heteroatoms. The Morgan fingerprint density at radius 1 is 1.41 bits per heavy atom. The molecular formula is C10H14N2O4S. The molecule has 0 aliphatic heterocycles. The number of carboxylic acid groups (broad SMARTS) is 1. The molecule has 94 valence electrons. The summed E-state index contributed by atoms with van der Waals surface area (Å²) < 4.78 is 24.9. The van der Waals surface area contributed by atoms with Crippen LogP contribution < -0.4 is 4.72 Å². The number of rotatable bonds is 3. The van der Waals surface area contributed by atoms with Gasteiger partial charge in [-0.1, -0.05) is 0 Å². The second kappa shape index (κ2) is 4.33. The van der Waals surface area contributed by atoms with E-state index in [-0.39, 0.29) is 11.4 Å². The Bertz CT molecular complexity index is 531. The fourth-order valence-corrected chi connectivity index (χ4v) is 1.66. The van der Waals surface area contributed by atoms with Crippen molar-refractivity contribution in [1.82, 2.24) is 4.98 Å². The fraction of sp³-hybridized carbons (Fsp3) is 0.400. The van der Waals surface area contributed by atoms with Gasteiger partial charge in [-0.25, -0.2) is 18.2 Å². The first kappa shape index (κ1) is 13.4. The maximum Gasteiger partial charge on any atom is 0.339 e. The van der Waals surface area contributed by atoms with E-state index >= 15 is 0 Å². The summed E-state index contributed by atoms with van der Waals surface area (Å²) in [5.41, 5.74) is -0.180. The molecule has 17 heavy (non-hydrogen) atoms. The van der Waals surface area contributed by atoms with Crippen molar-refractivity contribution >= 4 is 21.8 Å². The summed E-state index contributed by atoms with van der Waals surface area (Å²) in [4.78, 5) is 14.6. The van der Waals surface area contributed by atoms with Crippen LogP contribution in [0.25, 0.3) is 0 Å². The Balaban J connectivity index is 3.18. The zero-order valence-corrected chi connectivity index (χ0v) is 10.6. The first-order valence-corrected chi connectivity index (χ1v) is 6.34. The van der Waals surface area contributed by atoms with E-state index in [9.17, 15) is 13.2 Å². The van der Waals surface area contributed by atoms with Gasteiger partial charge in [0.2, 0.25) is 10.0 Å². The molecule has 1 rings (SSSR count). The van der Waals surface area contributed by atoms with Gasteiger partial charge in [0.25, 0.3) is 0 Å². The number of sulfonamides is 1. The average molecular weight is 258 g/mol. The van der Waals surface area contributed by atoms with Crippen molar-refractivity contribution in [3.8, 4) is 0 Å². The molecule has 0 aliphatic carbocycles. The molecule has 0 atom stereocenters. The van der Waals surface area contributed by atoms with Crippen molar-refractivity contribution in [2.24, 2.45) is 0 Å². The second-order valence-corrected chi connectivity index (χ2v) is 6.86. The minimum atomic E-state index is -3.68. The number of hydrogen-bond donors (Lipinski definition) is 2. The molecule has 0 aliphatic rings. The molecular weight excluding hydrogens is 244 g/mol. The lowest BCUT2D eigenvalue weighted by atomic mass is 10.2. The first-order chi connectivity index (χ1) is 7.65. The van der Waals surface area contributed by atoms with Gasteiger partial charge in [-0.3, -0.25) is 4.72 Å². The maximum absolute atomic E-state index is 11.9. The molecule has 0 saturated carbocycles. The lowest BCUT2D eigenvalue weighted by Crippen LogP contribution is -2.34. The molecule has 1 aromatic heterocycles. The van der Waals surface area contributed by atoms with Crippen molar-refractivity contribution < 1.29 is 18.3 Å². The first-order valence-electron chi connectivity index (χ1n) is 4.86. The van der Waals surface area contributed by atoms with Crippen molar-refractivity contribution in [3.63, 3.8) is 0 Å². The van der Waals surface area contributed by atoms with E-state index in [1.807, 2.05) is 0 Å². The van der Waals surface area contributed by atoms with Crippen LogP contribution in [0.3, 0.4) is 0 Å². The number of pyridine rings is 1. The summed E-state index contributed by atoms with van der Waals surface area (Å²) in [6, 6.07) is 2.72. The molecule has 0 unspecified atom stereocenters. The summed E-state index contributed by atoms with van der Waals surface area (Å²) in [5, 5.41) is 8.89. The van der Waals surface area contributed by atoms with Crippen LogP contribution in [0.15, 0.2) is 18.3 Å². The van der Waals surface area contributed by atoms with Gasteiger partial charge in [-0.15, -0.1) is 0 Å². The third-order valence-corrected chi connectivity index (χ3v) is 4.15. The minimum Gasteiger partial charge on any atom is -0.478 e. The predicted octanol–water partition coefficient (Wildman–Crippen LogP) is 1.32. The van der Waals surface area contributed by atoms with E-state index in [4.69, 9.17) is 5.11 Å². The standard InChI is InChI=1S/C10H14N2O4S/c1-10(2,3)17(15,16)12-8-7(9(13)14)5-4-6-11-8/h4-6H,1-3H3,(H,11,12)(H,13,14). The van der Waals surface area contributed by atoms with Crippen molar-refractivity contribution in [2.45, 2.75) is 25.5 Å². The normalized spacial score (nSPS) is 12.2. The molecule has 0 aromatic carbocycles. The Morgan fingerprint density at radius 2 is 2.00 bits per heavy atom. The molecule has 0 saturated heterocycles. The van der Waals surface area contributed by atoms with Gasteiger partial charge in [0.1, 0.15) is 5.56 Å². The lowest BCUT2D eigenvalue weighted by Gasteiger charge is -2.20. The van der Waals surface area contributed by atoms with Gasteiger partial charge in [0, 0.05) is 6.20 Å². The van der Waals surface area contributed by atoms with Crippen LogP contribution in [0.5, 0.6) is 0 Å². The van der Waals surface area contributed by atoms with Crippen LogP contribution >= 0.6 is 0 Å². The molecule has 1 heterocycles. The predicted molar refractivity (Wildman–Crippen MR) is 63.5 cm³/mol. The summed E-state index contributed by atoms with van der Waals surface area (Å²) >= 11 is 0. The maximum atomic E-state index is 11.9. The Hall–Kier alpha value is -1.63. The quantitative estimate of drug-likeness (QED) is 0.852. The van der Waals surface area contributed by atoms with Crippen LogP contribution in [0.4, 0.5) is 5.82 Å². The number of carboxylic acids is 1. The van der Waals surface area contributed by atoms with Gasteiger partial charge in [0.05, 0.1) is 4.75 Å². The molecule has 0 amide bonds. The highest BCUT2D eigenvalue weighted by Crippen LogP contribution is 2.20. The third kappa shape index (κ3) is 2.94. The molecule has 0 radical (unpaired) electrons. The second-order valence-electron chi connectivity index (χ2n) is 4.42. The van der Waals surface area contributed by atoms with Crippen molar-refractivity contribution in [1.29, 1.82) is 0 Å². The van der Waals surface area contributed by atoms with E-state index < -0.39 is 20.7 Å². The summed E-state index contributed by atoms with van der Waals surface area (Å²) in [7, 11) is -3.68.